The lowest BCUT2D eigenvalue weighted by Crippen LogP contribution is -2.14. The minimum atomic E-state index is -0.484. The zero-order chi connectivity index (χ0) is 18.4. The summed E-state index contributed by atoms with van der Waals surface area (Å²) >= 11 is 0. The number of aryl methyl sites for hydroxylation is 1. The van der Waals surface area contributed by atoms with Gasteiger partial charge in [0.05, 0.1) is 6.61 Å². The molecule has 128 valence electrons. The number of benzene rings is 2. The molecule has 5 nitrogen and oxygen atoms in total. The highest BCUT2D eigenvalue weighted by atomic mass is 16.5. The van der Waals surface area contributed by atoms with E-state index in [1.165, 1.54) is 12.1 Å². The van der Waals surface area contributed by atoms with E-state index in [9.17, 15) is 15.2 Å². The number of aromatic hydroxyl groups is 1. The monoisotopic (exact) mass is 336 g/mol. The minimum absolute atomic E-state index is 0.0114. The van der Waals surface area contributed by atoms with E-state index in [2.05, 4.69) is 5.32 Å². The third kappa shape index (κ3) is 4.39. The van der Waals surface area contributed by atoms with Gasteiger partial charge in [0.25, 0.3) is 5.91 Å². The van der Waals surface area contributed by atoms with Crippen LogP contribution in [0.5, 0.6) is 11.5 Å². The molecule has 2 N–H and O–H groups in total. The largest absolute Gasteiger partial charge is 0.504 e. The number of nitrogens with zero attached hydrogens (tertiary/aromatic N) is 1. The topological polar surface area (TPSA) is 82.3 Å². The van der Waals surface area contributed by atoms with Crippen molar-refractivity contribution in [1.82, 2.24) is 0 Å². The lowest BCUT2D eigenvalue weighted by atomic mass is 10.1. The molecular formula is C20H20N2O3. The van der Waals surface area contributed by atoms with Gasteiger partial charge in [0.15, 0.2) is 11.5 Å². The SMILES string of the molecule is CCOc1cc(C=C(C#N)C(=O)Nc2cccc(C)c2C)ccc1O. The van der Waals surface area contributed by atoms with E-state index in [0.29, 0.717) is 23.6 Å². The molecule has 0 atom stereocenters. The molecule has 0 aliphatic carbocycles. The lowest BCUT2D eigenvalue weighted by molar-refractivity contribution is -0.112. The molecule has 0 saturated carbocycles. The van der Waals surface area contributed by atoms with Crippen molar-refractivity contribution in [3.8, 4) is 17.6 Å². The molecule has 0 bridgehead atoms. The van der Waals surface area contributed by atoms with Gasteiger partial charge in [-0.15, -0.1) is 0 Å². The Hall–Kier alpha value is -3.26. The van der Waals surface area contributed by atoms with Crippen LogP contribution in [0.3, 0.4) is 0 Å². The Morgan fingerprint density at radius 1 is 1.32 bits per heavy atom. The van der Waals surface area contributed by atoms with Crippen molar-refractivity contribution >= 4 is 17.7 Å². The van der Waals surface area contributed by atoms with Crippen LogP contribution in [0.25, 0.3) is 6.08 Å². The zero-order valence-corrected chi connectivity index (χ0v) is 14.5. The van der Waals surface area contributed by atoms with Gasteiger partial charge in [0.1, 0.15) is 11.6 Å². The number of carbonyl (C=O) groups is 1. The molecule has 0 fully saturated rings. The first-order valence-corrected chi connectivity index (χ1v) is 7.91. The first kappa shape index (κ1) is 18.1. The molecule has 2 aromatic rings. The summed E-state index contributed by atoms with van der Waals surface area (Å²) in [5.74, 6) is -0.164. The predicted molar refractivity (Wildman–Crippen MR) is 97.4 cm³/mol. The minimum Gasteiger partial charge on any atom is -0.504 e. The van der Waals surface area contributed by atoms with E-state index in [-0.39, 0.29) is 11.3 Å². The summed E-state index contributed by atoms with van der Waals surface area (Å²) in [5.41, 5.74) is 3.24. The van der Waals surface area contributed by atoms with Crippen LogP contribution in [0.1, 0.15) is 23.6 Å². The van der Waals surface area contributed by atoms with Crippen LogP contribution in [0, 0.1) is 25.2 Å². The van der Waals surface area contributed by atoms with Gasteiger partial charge in [-0.05, 0) is 61.7 Å². The molecule has 0 aliphatic heterocycles. The highest BCUT2D eigenvalue weighted by molar-refractivity contribution is 6.10. The van der Waals surface area contributed by atoms with Gasteiger partial charge in [-0.25, -0.2) is 0 Å². The number of rotatable bonds is 5. The Morgan fingerprint density at radius 2 is 2.08 bits per heavy atom. The van der Waals surface area contributed by atoms with Crippen LogP contribution in [0.4, 0.5) is 5.69 Å². The highest BCUT2D eigenvalue weighted by Crippen LogP contribution is 2.28. The van der Waals surface area contributed by atoms with Crippen molar-refractivity contribution < 1.29 is 14.6 Å². The van der Waals surface area contributed by atoms with Crippen molar-refractivity contribution in [2.75, 3.05) is 11.9 Å². The van der Waals surface area contributed by atoms with Gasteiger partial charge in [0.2, 0.25) is 0 Å². The second-order valence-electron chi connectivity index (χ2n) is 5.53. The number of hydrogen-bond donors (Lipinski definition) is 2. The molecule has 0 aliphatic rings. The summed E-state index contributed by atoms with van der Waals surface area (Å²) in [7, 11) is 0. The number of amides is 1. The number of phenolic OH excluding ortho intramolecular Hbond substituents is 1. The van der Waals surface area contributed by atoms with E-state index in [1.807, 2.05) is 32.0 Å². The summed E-state index contributed by atoms with van der Waals surface area (Å²) in [6.07, 6.45) is 1.46. The van der Waals surface area contributed by atoms with Gasteiger partial charge < -0.3 is 15.2 Å². The number of anilines is 1. The van der Waals surface area contributed by atoms with Crippen molar-refractivity contribution in [2.45, 2.75) is 20.8 Å². The molecule has 5 heteroatoms. The van der Waals surface area contributed by atoms with Gasteiger partial charge >= 0.3 is 0 Å². The van der Waals surface area contributed by atoms with E-state index < -0.39 is 5.91 Å². The lowest BCUT2D eigenvalue weighted by Gasteiger charge is -2.10. The maximum absolute atomic E-state index is 12.4. The number of carbonyl (C=O) groups excluding carboxylic acids is 1. The Labute approximate surface area is 147 Å². The molecule has 0 unspecified atom stereocenters. The predicted octanol–water partition coefficient (Wildman–Crippen LogP) is 3.95. The van der Waals surface area contributed by atoms with E-state index in [0.717, 1.165) is 11.1 Å². The smallest absolute Gasteiger partial charge is 0.266 e. The van der Waals surface area contributed by atoms with Crippen molar-refractivity contribution in [3.63, 3.8) is 0 Å². The maximum atomic E-state index is 12.4. The summed E-state index contributed by atoms with van der Waals surface area (Å²) in [6, 6.07) is 12.2. The van der Waals surface area contributed by atoms with Crippen LogP contribution in [-0.2, 0) is 4.79 Å². The van der Waals surface area contributed by atoms with Gasteiger partial charge in [-0.3, -0.25) is 4.79 Å². The number of hydrogen-bond acceptors (Lipinski definition) is 4. The number of nitrogens with one attached hydrogen (secondary N) is 1. The molecule has 2 rings (SSSR count). The molecule has 0 heterocycles. The zero-order valence-electron chi connectivity index (χ0n) is 14.5. The third-order valence-corrected chi connectivity index (χ3v) is 3.81. The van der Waals surface area contributed by atoms with E-state index in [4.69, 9.17) is 4.74 Å². The first-order chi connectivity index (χ1) is 12.0. The van der Waals surface area contributed by atoms with Gasteiger partial charge in [-0.1, -0.05) is 18.2 Å². The molecule has 1 amide bonds. The summed E-state index contributed by atoms with van der Waals surface area (Å²) in [6.45, 7) is 6.08. The highest BCUT2D eigenvalue weighted by Gasteiger charge is 2.12. The molecule has 0 spiro atoms. The number of nitriles is 1. The average molecular weight is 336 g/mol. The third-order valence-electron chi connectivity index (χ3n) is 3.81. The van der Waals surface area contributed by atoms with Crippen molar-refractivity contribution in [1.29, 1.82) is 5.26 Å². The molecule has 0 aromatic heterocycles. The van der Waals surface area contributed by atoms with Gasteiger partial charge in [-0.2, -0.15) is 5.26 Å². The normalized spacial score (nSPS) is 10.9. The molecule has 25 heavy (non-hydrogen) atoms. The Balaban J connectivity index is 2.28. The molecule has 0 saturated heterocycles. The molecule has 2 aromatic carbocycles. The summed E-state index contributed by atoms with van der Waals surface area (Å²) in [5, 5.41) is 21.8. The van der Waals surface area contributed by atoms with Gasteiger partial charge in [0, 0.05) is 5.69 Å². The van der Waals surface area contributed by atoms with Crippen molar-refractivity contribution in [3.05, 3.63) is 58.7 Å². The second kappa shape index (κ2) is 8.02. The van der Waals surface area contributed by atoms with Crippen LogP contribution < -0.4 is 10.1 Å². The quantitative estimate of drug-likeness (QED) is 0.640. The molecular weight excluding hydrogens is 316 g/mol. The van der Waals surface area contributed by atoms with E-state index in [1.54, 1.807) is 25.1 Å². The fourth-order valence-electron chi connectivity index (χ4n) is 2.28. The fourth-order valence-corrected chi connectivity index (χ4v) is 2.28. The van der Waals surface area contributed by atoms with E-state index >= 15 is 0 Å². The average Bonchev–Trinajstić information content (AvgIpc) is 2.59. The fraction of sp³-hybridized carbons (Fsp3) is 0.200. The maximum Gasteiger partial charge on any atom is 0.266 e. The van der Waals surface area contributed by atoms with Crippen LogP contribution in [0.15, 0.2) is 42.0 Å². The van der Waals surface area contributed by atoms with Crippen molar-refractivity contribution in [2.24, 2.45) is 0 Å². The number of ether oxygens (including phenoxy) is 1. The van der Waals surface area contributed by atoms with Crippen LogP contribution >= 0.6 is 0 Å². The van der Waals surface area contributed by atoms with Crippen LogP contribution in [-0.4, -0.2) is 17.6 Å². The Kier molecular flexibility index (Phi) is 5.80. The second-order valence-corrected chi connectivity index (χ2v) is 5.53. The summed E-state index contributed by atoms with van der Waals surface area (Å²) in [4.78, 5) is 12.4. The Morgan fingerprint density at radius 3 is 2.76 bits per heavy atom. The number of phenols is 1. The molecule has 0 radical (unpaired) electrons. The standard InChI is InChI=1S/C20H20N2O3/c1-4-25-19-11-15(8-9-18(19)23)10-16(12-21)20(24)22-17-7-5-6-13(2)14(17)3/h5-11,23H,4H2,1-3H3,(H,22,24). The summed E-state index contributed by atoms with van der Waals surface area (Å²) < 4.78 is 5.31. The van der Waals surface area contributed by atoms with Crippen LogP contribution in [0.2, 0.25) is 0 Å². The Bertz CT molecular complexity index is 864. The first-order valence-electron chi connectivity index (χ1n) is 7.91.